The molecule has 3 rings (SSSR count). The van der Waals surface area contributed by atoms with Crippen LogP contribution < -0.4 is 5.32 Å². The number of hydrogen-bond acceptors (Lipinski definition) is 2. The molecular formula is C14H18F3N3O. The first-order chi connectivity index (χ1) is 9.95. The minimum atomic E-state index is -4.45. The van der Waals surface area contributed by atoms with Crippen LogP contribution in [-0.2, 0) is 30.4 Å². The summed E-state index contributed by atoms with van der Waals surface area (Å²) in [6, 6.07) is 0.203. The fraction of sp³-hybridized carbons (Fsp3) is 0.714. The molecule has 2 aliphatic carbocycles. The summed E-state index contributed by atoms with van der Waals surface area (Å²) in [6.07, 6.45) is 0.931. The molecule has 21 heavy (non-hydrogen) atoms. The molecule has 0 radical (unpaired) electrons. The third-order valence-corrected chi connectivity index (χ3v) is 4.01. The molecule has 1 heterocycles. The van der Waals surface area contributed by atoms with Crippen molar-refractivity contribution < 1.29 is 18.0 Å². The van der Waals surface area contributed by atoms with E-state index in [-0.39, 0.29) is 18.5 Å². The molecule has 2 aliphatic rings. The first-order valence-corrected chi connectivity index (χ1v) is 7.40. The SMILES string of the molecule is O=C(Cn1nc(C(F)(F)F)c2c1CCCCC2)NC1CC1. The number of aromatic nitrogens is 2. The zero-order valence-electron chi connectivity index (χ0n) is 11.7. The quantitative estimate of drug-likeness (QED) is 0.872. The van der Waals surface area contributed by atoms with Gasteiger partial charge in [-0.2, -0.15) is 18.3 Å². The molecule has 4 nitrogen and oxygen atoms in total. The van der Waals surface area contributed by atoms with Crippen LogP contribution in [-0.4, -0.2) is 21.7 Å². The highest BCUT2D eigenvalue weighted by molar-refractivity contribution is 5.76. The summed E-state index contributed by atoms with van der Waals surface area (Å²) in [7, 11) is 0. The van der Waals surface area contributed by atoms with E-state index in [1.54, 1.807) is 0 Å². The van der Waals surface area contributed by atoms with E-state index >= 15 is 0 Å². The fourth-order valence-electron chi connectivity index (χ4n) is 2.84. The third-order valence-electron chi connectivity index (χ3n) is 4.01. The molecule has 7 heteroatoms. The number of carbonyl (C=O) groups is 1. The maximum Gasteiger partial charge on any atom is 0.435 e. The zero-order chi connectivity index (χ0) is 15.0. The standard InChI is InChI=1S/C14H18F3N3O/c15-14(16,17)13-10-4-2-1-3-5-11(10)20(19-13)8-12(21)18-9-6-7-9/h9H,1-8H2,(H,18,21). The third kappa shape index (κ3) is 3.22. The summed E-state index contributed by atoms with van der Waals surface area (Å²) in [4.78, 5) is 11.8. The zero-order valence-corrected chi connectivity index (χ0v) is 11.7. The van der Waals surface area contributed by atoms with Crippen molar-refractivity contribution >= 4 is 5.91 Å². The van der Waals surface area contributed by atoms with Gasteiger partial charge in [0.15, 0.2) is 5.69 Å². The Balaban J connectivity index is 1.88. The van der Waals surface area contributed by atoms with Crippen LogP contribution >= 0.6 is 0 Å². The molecule has 1 aromatic heterocycles. The minimum absolute atomic E-state index is 0.116. The van der Waals surface area contributed by atoms with E-state index in [1.807, 2.05) is 0 Å². The van der Waals surface area contributed by atoms with Crippen LogP contribution in [0.15, 0.2) is 0 Å². The van der Waals surface area contributed by atoms with E-state index in [0.29, 0.717) is 24.1 Å². The van der Waals surface area contributed by atoms with Gasteiger partial charge in [-0.05, 0) is 38.5 Å². The van der Waals surface area contributed by atoms with Crippen molar-refractivity contribution in [2.24, 2.45) is 0 Å². The second-order valence-corrected chi connectivity index (χ2v) is 5.83. The fourth-order valence-corrected chi connectivity index (χ4v) is 2.84. The molecule has 0 atom stereocenters. The van der Waals surface area contributed by atoms with Crippen LogP contribution in [0.3, 0.4) is 0 Å². The second-order valence-electron chi connectivity index (χ2n) is 5.83. The smallest absolute Gasteiger partial charge is 0.352 e. The molecule has 1 amide bonds. The van der Waals surface area contributed by atoms with Crippen LogP contribution in [0.2, 0.25) is 0 Å². The van der Waals surface area contributed by atoms with Crippen molar-refractivity contribution in [2.75, 3.05) is 0 Å². The van der Waals surface area contributed by atoms with Crippen molar-refractivity contribution in [1.29, 1.82) is 0 Å². The highest BCUT2D eigenvalue weighted by Gasteiger charge is 2.39. The van der Waals surface area contributed by atoms with Crippen LogP contribution in [0.4, 0.5) is 13.2 Å². The summed E-state index contributed by atoms with van der Waals surface area (Å²) < 4.78 is 40.6. The number of nitrogens with zero attached hydrogens (tertiary/aromatic N) is 2. The van der Waals surface area contributed by atoms with Gasteiger partial charge < -0.3 is 5.32 Å². The van der Waals surface area contributed by atoms with Gasteiger partial charge in [0.05, 0.1) is 0 Å². The highest BCUT2D eigenvalue weighted by atomic mass is 19.4. The summed E-state index contributed by atoms with van der Waals surface area (Å²) in [5.74, 6) is -0.249. The monoisotopic (exact) mass is 301 g/mol. The van der Waals surface area contributed by atoms with Gasteiger partial charge in [0.1, 0.15) is 6.54 Å². The van der Waals surface area contributed by atoms with E-state index in [9.17, 15) is 18.0 Å². The molecular weight excluding hydrogens is 283 g/mol. The Morgan fingerprint density at radius 3 is 2.62 bits per heavy atom. The van der Waals surface area contributed by atoms with Gasteiger partial charge in [0.25, 0.3) is 0 Å². The van der Waals surface area contributed by atoms with Crippen molar-refractivity contribution in [3.05, 3.63) is 17.0 Å². The lowest BCUT2D eigenvalue weighted by atomic mass is 10.1. The molecule has 0 spiro atoms. The number of fused-ring (bicyclic) bond motifs is 1. The highest BCUT2D eigenvalue weighted by Crippen LogP contribution is 2.35. The Hall–Kier alpha value is -1.53. The van der Waals surface area contributed by atoms with Crippen molar-refractivity contribution in [2.45, 2.75) is 63.7 Å². The van der Waals surface area contributed by atoms with Gasteiger partial charge in [0, 0.05) is 17.3 Å². The molecule has 0 saturated heterocycles. The number of nitrogens with one attached hydrogen (secondary N) is 1. The van der Waals surface area contributed by atoms with Crippen LogP contribution in [0, 0.1) is 0 Å². The average molecular weight is 301 g/mol. The summed E-state index contributed by atoms with van der Waals surface area (Å²) in [5, 5.41) is 6.50. The van der Waals surface area contributed by atoms with E-state index in [2.05, 4.69) is 10.4 Å². The van der Waals surface area contributed by atoms with E-state index < -0.39 is 11.9 Å². The lowest BCUT2D eigenvalue weighted by Gasteiger charge is -2.07. The van der Waals surface area contributed by atoms with Crippen LogP contribution in [0.25, 0.3) is 0 Å². The lowest BCUT2D eigenvalue weighted by molar-refractivity contribution is -0.142. The summed E-state index contributed by atoms with van der Waals surface area (Å²) in [5.41, 5.74) is 0.0728. The number of amides is 1. The molecule has 0 unspecified atom stereocenters. The Bertz CT molecular complexity index is 546. The number of hydrogen-bond donors (Lipinski definition) is 1. The molecule has 116 valence electrons. The summed E-state index contributed by atoms with van der Waals surface area (Å²) in [6.45, 7) is -0.116. The molecule has 1 fully saturated rings. The molecule has 1 aromatic rings. The summed E-state index contributed by atoms with van der Waals surface area (Å²) >= 11 is 0. The van der Waals surface area contributed by atoms with Gasteiger partial charge in [-0.25, -0.2) is 0 Å². The lowest BCUT2D eigenvalue weighted by Crippen LogP contribution is -2.30. The Labute approximate surface area is 120 Å². The maximum absolute atomic E-state index is 13.1. The second kappa shape index (κ2) is 5.35. The van der Waals surface area contributed by atoms with Gasteiger partial charge >= 0.3 is 6.18 Å². The van der Waals surface area contributed by atoms with Gasteiger partial charge in [-0.15, -0.1) is 0 Å². The van der Waals surface area contributed by atoms with Gasteiger partial charge in [-0.3, -0.25) is 9.48 Å². The molecule has 0 aromatic carbocycles. The Kier molecular flexibility index (Phi) is 3.67. The Morgan fingerprint density at radius 1 is 1.24 bits per heavy atom. The van der Waals surface area contributed by atoms with Gasteiger partial charge in [0.2, 0.25) is 5.91 Å². The molecule has 1 saturated carbocycles. The molecule has 1 N–H and O–H groups in total. The van der Waals surface area contributed by atoms with Crippen molar-refractivity contribution in [1.82, 2.24) is 15.1 Å². The topological polar surface area (TPSA) is 46.9 Å². The molecule has 0 aliphatic heterocycles. The van der Waals surface area contributed by atoms with Crippen molar-refractivity contribution in [3.8, 4) is 0 Å². The van der Waals surface area contributed by atoms with Crippen LogP contribution in [0.1, 0.15) is 49.1 Å². The molecule has 0 bridgehead atoms. The average Bonchev–Trinajstić information content (AvgIpc) is 3.15. The van der Waals surface area contributed by atoms with E-state index in [1.165, 1.54) is 4.68 Å². The number of carbonyl (C=O) groups excluding carboxylic acids is 1. The minimum Gasteiger partial charge on any atom is -0.352 e. The van der Waals surface area contributed by atoms with Crippen molar-refractivity contribution in [3.63, 3.8) is 0 Å². The predicted molar refractivity (Wildman–Crippen MR) is 69.7 cm³/mol. The number of rotatable bonds is 3. The predicted octanol–water partition coefficient (Wildman–Crippen LogP) is 2.45. The Morgan fingerprint density at radius 2 is 1.95 bits per heavy atom. The largest absolute Gasteiger partial charge is 0.435 e. The number of halogens is 3. The van der Waals surface area contributed by atoms with Gasteiger partial charge in [-0.1, -0.05) is 6.42 Å². The number of alkyl halides is 3. The van der Waals surface area contributed by atoms with Crippen LogP contribution in [0.5, 0.6) is 0 Å². The van der Waals surface area contributed by atoms with E-state index in [4.69, 9.17) is 0 Å². The maximum atomic E-state index is 13.1. The normalized spacial score (nSPS) is 19.0. The first-order valence-electron chi connectivity index (χ1n) is 7.40. The first kappa shape index (κ1) is 14.4. The van der Waals surface area contributed by atoms with E-state index in [0.717, 1.165) is 32.1 Å².